The molecule has 90 valence electrons. The molecule has 1 unspecified atom stereocenters. The van der Waals surface area contributed by atoms with Gasteiger partial charge in [0.15, 0.2) is 0 Å². The average Bonchev–Trinajstić information content (AvgIpc) is 2.30. The van der Waals surface area contributed by atoms with Crippen molar-refractivity contribution in [3.8, 4) is 0 Å². The molecule has 1 heterocycles. The molecule has 0 aliphatic heterocycles. The first kappa shape index (κ1) is 13.4. The van der Waals surface area contributed by atoms with Gasteiger partial charge in [-0.1, -0.05) is 6.92 Å². The number of rotatable bonds is 8. The summed E-state index contributed by atoms with van der Waals surface area (Å²) < 4.78 is 4.98. The van der Waals surface area contributed by atoms with Crippen LogP contribution in [0.5, 0.6) is 0 Å². The zero-order valence-electron chi connectivity index (χ0n) is 9.85. The van der Waals surface area contributed by atoms with Crippen LogP contribution < -0.4 is 5.32 Å². The van der Waals surface area contributed by atoms with Gasteiger partial charge in [-0.05, 0) is 19.0 Å². The number of nitrogens with one attached hydrogen (secondary N) is 1. The lowest BCUT2D eigenvalue weighted by Crippen LogP contribution is -2.24. The quantitative estimate of drug-likeness (QED) is 0.425. The van der Waals surface area contributed by atoms with Crippen LogP contribution in [0.15, 0.2) is 23.6 Å². The van der Waals surface area contributed by atoms with Crippen LogP contribution in [0.25, 0.3) is 0 Å². The topological polar surface area (TPSA) is 47.0 Å². The molecule has 0 radical (unpaired) electrons. The van der Waals surface area contributed by atoms with Crippen molar-refractivity contribution in [3.63, 3.8) is 0 Å². The number of hydrogen-bond donors (Lipinski definition) is 1. The number of nitrogens with zero attached hydrogens (tertiary/aromatic N) is 2. The van der Waals surface area contributed by atoms with E-state index in [2.05, 4.69) is 22.2 Å². The molecule has 16 heavy (non-hydrogen) atoms. The van der Waals surface area contributed by atoms with Crippen LogP contribution in [-0.4, -0.2) is 42.0 Å². The number of aromatic nitrogens is 2. The average molecular weight is 241 g/mol. The van der Waals surface area contributed by atoms with E-state index in [0.29, 0.717) is 5.25 Å². The monoisotopic (exact) mass is 241 g/mol. The van der Waals surface area contributed by atoms with E-state index in [4.69, 9.17) is 4.74 Å². The van der Waals surface area contributed by atoms with Crippen molar-refractivity contribution in [1.82, 2.24) is 15.3 Å². The molecule has 0 aliphatic rings. The first-order valence-electron chi connectivity index (χ1n) is 5.45. The van der Waals surface area contributed by atoms with Gasteiger partial charge in [-0.2, -0.15) is 0 Å². The minimum Gasteiger partial charge on any atom is -0.385 e. The SMILES string of the molecule is COCCCNCC(C)Sc1ccncn1. The Morgan fingerprint density at radius 2 is 2.44 bits per heavy atom. The predicted molar refractivity (Wildman–Crippen MR) is 66.7 cm³/mol. The van der Waals surface area contributed by atoms with Crippen LogP contribution in [-0.2, 0) is 4.74 Å². The van der Waals surface area contributed by atoms with Gasteiger partial charge in [-0.3, -0.25) is 0 Å². The number of methoxy groups -OCH3 is 1. The molecule has 0 aromatic carbocycles. The van der Waals surface area contributed by atoms with Crippen LogP contribution in [0.3, 0.4) is 0 Å². The van der Waals surface area contributed by atoms with E-state index in [0.717, 1.165) is 31.1 Å². The highest BCUT2D eigenvalue weighted by Gasteiger charge is 2.04. The van der Waals surface area contributed by atoms with E-state index >= 15 is 0 Å². The van der Waals surface area contributed by atoms with Crippen molar-refractivity contribution in [2.24, 2.45) is 0 Å². The molecule has 1 N–H and O–H groups in total. The van der Waals surface area contributed by atoms with Gasteiger partial charge in [-0.15, -0.1) is 11.8 Å². The third kappa shape index (κ3) is 6.05. The maximum atomic E-state index is 4.98. The van der Waals surface area contributed by atoms with Gasteiger partial charge in [-0.25, -0.2) is 9.97 Å². The van der Waals surface area contributed by atoms with E-state index in [9.17, 15) is 0 Å². The van der Waals surface area contributed by atoms with Gasteiger partial charge in [0, 0.05) is 31.7 Å². The lowest BCUT2D eigenvalue weighted by molar-refractivity contribution is 0.194. The molecule has 1 aromatic heterocycles. The molecule has 0 aliphatic carbocycles. The second-order valence-corrected chi connectivity index (χ2v) is 4.99. The fourth-order valence-electron chi connectivity index (χ4n) is 1.24. The van der Waals surface area contributed by atoms with Crippen molar-refractivity contribution in [1.29, 1.82) is 0 Å². The van der Waals surface area contributed by atoms with E-state index in [1.165, 1.54) is 0 Å². The molecule has 1 atom stereocenters. The van der Waals surface area contributed by atoms with Gasteiger partial charge < -0.3 is 10.1 Å². The van der Waals surface area contributed by atoms with Crippen LogP contribution >= 0.6 is 11.8 Å². The van der Waals surface area contributed by atoms with Gasteiger partial charge >= 0.3 is 0 Å². The van der Waals surface area contributed by atoms with Gasteiger partial charge in [0.2, 0.25) is 0 Å². The summed E-state index contributed by atoms with van der Waals surface area (Å²) in [5.74, 6) is 0. The minimum absolute atomic E-state index is 0.512. The van der Waals surface area contributed by atoms with E-state index in [1.54, 1.807) is 31.4 Å². The molecule has 0 fully saturated rings. The van der Waals surface area contributed by atoms with Crippen molar-refractivity contribution in [2.75, 3.05) is 26.8 Å². The van der Waals surface area contributed by atoms with E-state index in [-0.39, 0.29) is 0 Å². The summed E-state index contributed by atoms with van der Waals surface area (Å²) in [6.45, 7) is 5.00. The van der Waals surface area contributed by atoms with E-state index in [1.807, 2.05) is 6.07 Å². The maximum Gasteiger partial charge on any atom is 0.116 e. The molecular weight excluding hydrogens is 222 g/mol. The Morgan fingerprint density at radius 1 is 1.56 bits per heavy atom. The summed E-state index contributed by atoms with van der Waals surface area (Å²) >= 11 is 1.76. The van der Waals surface area contributed by atoms with Crippen LogP contribution in [0, 0.1) is 0 Å². The maximum absolute atomic E-state index is 4.98. The molecule has 1 aromatic rings. The first-order valence-corrected chi connectivity index (χ1v) is 6.33. The van der Waals surface area contributed by atoms with Gasteiger partial charge in [0.25, 0.3) is 0 Å². The first-order chi connectivity index (χ1) is 7.83. The fraction of sp³-hybridized carbons (Fsp3) is 0.636. The lowest BCUT2D eigenvalue weighted by Gasteiger charge is -2.11. The molecule has 4 nitrogen and oxygen atoms in total. The summed E-state index contributed by atoms with van der Waals surface area (Å²) in [4.78, 5) is 8.08. The smallest absolute Gasteiger partial charge is 0.116 e. The zero-order chi connectivity index (χ0) is 11.6. The Labute approximate surface area is 101 Å². The summed E-state index contributed by atoms with van der Waals surface area (Å²) in [5, 5.41) is 4.94. The molecule has 0 saturated carbocycles. The Kier molecular flexibility index (Phi) is 7.12. The van der Waals surface area contributed by atoms with Crippen molar-refractivity contribution in [3.05, 3.63) is 18.6 Å². The van der Waals surface area contributed by atoms with Crippen LogP contribution in [0.4, 0.5) is 0 Å². The number of ether oxygens (including phenoxy) is 1. The summed E-state index contributed by atoms with van der Waals surface area (Å²) in [7, 11) is 1.73. The third-order valence-electron chi connectivity index (χ3n) is 2.01. The lowest BCUT2D eigenvalue weighted by atomic mass is 10.4. The molecule has 5 heteroatoms. The van der Waals surface area contributed by atoms with Gasteiger partial charge in [0.1, 0.15) is 6.33 Å². The molecule has 0 amide bonds. The Morgan fingerprint density at radius 3 is 3.12 bits per heavy atom. The number of hydrogen-bond acceptors (Lipinski definition) is 5. The van der Waals surface area contributed by atoms with Crippen molar-refractivity contribution < 1.29 is 4.74 Å². The molecule has 0 saturated heterocycles. The Hall–Kier alpha value is -0.650. The zero-order valence-corrected chi connectivity index (χ0v) is 10.7. The number of thioether (sulfide) groups is 1. The van der Waals surface area contributed by atoms with Crippen molar-refractivity contribution in [2.45, 2.75) is 23.6 Å². The summed E-state index contributed by atoms with van der Waals surface area (Å²) in [6, 6.07) is 1.94. The second-order valence-electron chi connectivity index (χ2n) is 3.53. The highest BCUT2D eigenvalue weighted by Crippen LogP contribution is 2.18. The highest BCUT2D eigenvalue weighted by molar-refractivity contribution is 7.99. The highest BCUT2D eigenvalue weighted by atomic mass is 32.2. The summed E-state index contributed by atoms with van der Waals surface area (Å²) in [6.07, 6.45) is 4.41. The molecule has 0 bridgehead atoms. The van der Waals surface area contributed by atoms with Gasteiger partial charge in [0.05, 0.1) is 5.03 Å². The Balaban J connectivity index is 2.09. The Bertz CT molecular complexity index is 271. The van der Waals surface area contributed by atoms with E-state index < -0.39 is 0 Å². The second kappa shape index (κ2) is 8.50. The summed E-state index contributed by atoms with van der Waals surface area (Å²) in [5.41, 5.74) is 0. The van der Waals surface area contributed by atoms with Crippen LogP contribution in [0.2, 0.25) is 0 Å². The fourth-order valence-corrected chi connectivity index (χ4v) is 2.10. The standard InChI is InChI=1S/C11H19N3OS/c1-10(8-12-5-3-7-15-2)16-11-4-6-13-9-14-11/h4,6,9-10,12H,3,5,7-8H2,1-2H3. The van der Waals surface area contributed by atoms with Crippen molar-refractivity contribution >= 4 is 11.8 Å². The minimum atomic E-state index is 0.512. The van der Waals surface area contributed by atoms with Crippen LogP contribution in [0.1, 0.15) is 13.3 Å². The molecule has 0 spiro atoms. The normalized spacial score (nSPS) is 12.6. The third-order valence-corrected chi connectivity index (χ3v) is 3.06. The largest absolute Gasteiger partial charge is 0.385 e. The molecule has 1 rings (SSSR count). The predicted octanol–water partition coefficient (Wildman–Crippen LogP) is 1.58. The molecular formula is C11H19N3OS.